The largest absolute Gasteiger partial charge is 0.392 e. The maximum Gasteiger partial charge on any atom is 0.129 e. The molecule has 0 saturated carbocycles. The lowest BCUT2D eigenvalue weighted by atomic mass is 10.2. The molecule has 4 heteroatoms. The van der Waals surface area contributed by atoms with Gasteiger partial charge in [-0.25, -0.2) is 4.39 Å². The molecule has 1 aromatic carbocycles. The van der Waals surface area contributed by atoms with E-state index in [0.717, 1.165) is 4.47 Å². The molecule has 0 bridgehead atoms. The highest BCUT2D eigenvalue weighted by Gasteiger charge is 2.04. The maximum atomic E-state index is 12.8. The number of rotatable bonds is 1. The fourth-order valence-corrected chi connectivity index (χ4v) is 1.39. The molecule has 0 saturated heterocycles. The van der Waals surface area contributed by atoms with Gasteiger partial charge in [0.25, 0.3) is 0 Å². The van der Waals surface area contributed by atoms with Gasteiger partial charge in [-0.2, -0.15) is 0 Å². The number of benzene rings is 1. The van der Waals surface area contributed by atoms with Gasteiger partial charge in [-0.05, 0) is 44.0 Å². The van der Waals surface area contributed by atoms with Crippen molar-refractivity contribution in [2.24, 2.45) is 0 Å². The summed E-state index contributed by atoms with van der Waals surface area (Å²) in [6.45, 7) is -0.280. The predicted molar refractivity (Wildman–Crippen MR) is 47.7 cm³/mol. The van der Waals surface area contributed by atoms with Crippen LogP contribution in [0, 0.1) is 5.82 Å². The molecule has 1 aromatic rings. The van der Waals surface area contributed by atoms with E-state index in [9.17, 15) is 4.39 Å². The Morgan fingerprint density at radius 3 is 2.36 bits per heavy atom. The van der Waals surface area contributed by atoms with Gasteiger partial charge in [0.15, 0.2) is 0 Å². The van der Waals surface area contributed by atoms with E-state index in [-0.39, 0.29) is 6.61 Å². The van der Waals surface area contributed by atoms with Gasteiger partial charge in [0.1, 0.15) is 5.82 Å². The Kier molecular flexibility index (Phi) is 3.04. The summed E-state index contributed by atoms with van der Waals surface area (Å²) in [7, 11) is 0. The topological polar surface area (TPSA) is 20.2 Å². The Labute approximate surface area is 80.5 Å². The number of aliphatic hydroxyl groups is 1. The van der Waals surface area contributed by atoms with Crippen molar-refractivity contribution in [3.8, 4) is 0 Å². The smallest absolute Gasteiger partial charge is 0.129 e. The Morgan fingerprint density at radius 2 is 1.82 bits per heavy atom. The number of hydrogen-bond donors (Lipinski definition) is 1. The quantitative estimate of drug-likeness (QED) is 0.786. The lowest BCUT2D eigenvalue weighted by Crippen LogP contribution is -1.89. The van der Waals surface area contributed by atoms with Crippen LogP contribution in [0.3, 0.4) is 0 Å². The molecule has 0 atom stereocenters. The van der Waals surface area contributed by atoms with Crippen LogP contribution in [0.4, 0.5) is 4.39 Å². The monoisotopic (exact) mass is 282 g/mol. The van der Waals surface area contributed by atoms with Gasteiger partial charge in [0.05, 0.1) is 6.61 Å². The van der Waals surface area contributed by atoms with Crippen molar-refractivity contribution in [2.75, 3.05) is 0 Å². The third-order valence-electron chi connectivity index (χ3n) is 1.26. The summed E-state index contributed by atoms with van der Waals surface area (Å²) in [5.74, 6) is -0.400. The molecule has 1 nitrogen and oxygen atoms in total. The molecule has 1 N–H and O–H groups in total. The molecule has 0 amide bonds. The van der Waals surface area contributed by atoms with Gasteiger partial charge in [-0.3, -0.25) is 0 Å². The highest BCUT2D eigenvalue weighted by molar-refractivity contribution is 9.13. The lowest BCUT2D eigenvalue weighted by molar-refractivity contribution is 0.275. The molecule has 0 spiro atoms. The van der Waals surface area contributed by atoms with E-state index in [4.69, 9.17) is 5.11 Å². The molecular weight excluding hydrogens is 279 g/mol. The van der Waals surface area contributed by atoms with E-state index in [1.54, 1.807) is 6.07 Å². The fourth-order valence-electron chi connectivity index (χ4n) is 0.685. The summed E-state index contributed by atoms with van der Waals surface area (Å²) < 4.78 is 14.2. The van der Waals surface area contributed by atoms with Crippen molar-refractivity contribution in [3.63, 3.8) is 0 Å². The molecular formula is C7H5Br2FO. The minimum atomic E-state index is -0.400. The van der Waals surface area contributed by atoms with Gasteiger partial charge < -0.3 is 5.11 Å². The zero-order chi connectivity index (χ0) is 8.43. The minimum absolute atomic E-state index is 0.280. The van der Waals surface area contributed by atoms with Crippen molar-refractivity contribution in [2.45, 2.75) is 6.61 Å². The van der Waals surface area contributed by atoms with Gasteiger partial charge in [-0.15, -0.1) is 0 Å². The van der Waals surface area contributed by atoms with Gasteiger partial charge in [0.2, 0.25) is 0 Å². The highest BCUT2D eigenvalue weighted by Crippen LogP contribution is 2.25. The Hall–Kier alpha value is 0.0700. The van der Waals surface area contributed by atoms with Crippen LogP contribution in [0.5, 0.6) is 0 Å². The zero-order valence-electron chi connectivity index (χ0n) is 5.44. The Morgan fingerprint density at radius 1 is 1.27 bits per heavy atom. The summed E-state index contributed by atoms with van der Waals surface area (Å²) in [6, 6.07) is 2.86. The molecule has 0 heterocycles. The average Bonchev–Trinajstić information content (AvgIpc) is 1.97. The first-order valence-corrected chi connectivity index (χ1v) is 4.48. The molecule has 0 aliphatic rings. The van der Waals surface area contributed by atoms with Crippen LogP contribution < -0.4 is 0 Å². The van der Waals surface area contributed by atoms with Crippen molar-refractivity contribution in [3.05, 3.63) is 32.5 Å². The number of aliphatic hydroxyl groups excluding tert-OH is 1. The first-order chi connectivity index (χ1) is 5.15. The summed E-state index contributed by atoms with van der Waals surface area (Å²) in [6.07, 6.45) is 0. The second-order valence-corrected chi connectivity index (χ2v) is 3.72. The minimum Gasteiger partial charge on any atom is -0.392 e. The van der Waals surface area contributed by atoms with Crippen molar-refractivity contribution < 1.29 is 9.50 Å². The first kappa shape index (κ1) is 9.16. The van der Waals surface area contributed by atoms with Crippen LogP contribution in [0.2, 0.25) is 0 Å². The average molecular weight is 284 g/mol. The number of halogens is 3. The molecule has 0 aromatic heterocycles. The number of hydrogen-bond acceptors (Lipinski definition) is 1. The zero-order valence-corrected chi connectivity index (χ0v) is 8.61. The van der Waals surface area contributed by atoms with Crippen LogP contribution in [0.1, 0.15) is 5.56 Å². The van der Waals surface area contributed by atoms with E-state index in [0.29, 0.717) is 10.0 Å². The van der Waals surface area contributed by atoms with Gasteiger partial charge in [0, 0.05) is 14.5 Å². The van der Waals surface area contributed by atoms with E-state index < -0.39 is 5.82 Å². The molecule has 11 heavy (non-hydrogen) atoms. The van der Waals surface area contributed by atoms with Crippen LogP contribution in [0.15, 0.2) is 21.1 Å². The van der Waals surface area contributed by atoms with E-state index >= 15 is 0 Å². The molecule has 60 valence electrons. The molecule has 0 radical (unpaired) electrons. The van der Waals surface area contributed by atoms with Crippen LogP contribution in [0.25, 0.3) is 0 Å². The van der Waals surface area contributed by atoms with Gasteiger partial charge >= 0.3 is 0 Å². The second-order valence-electron chi connectivity index (χ2n) is 2.02. The summed E-state index contributed by atoms with van der Waals surface area (Å²) in [5, 5.41) is 8.66. The maximum absolute atomic E-state index is 12.8. The molecule has 0 aliphatic carbocycles. The van der Waals surface area contributed by atoms with Crippen molar-refractivity contribution >= 4 is 31.9 Å². The third-order valence-corrected chi connectivity index (χ3v) is 3.10. The fraction of sp³-hybridized carbons (Fsp3) is 0.143. The van der Waals surface area contributed by atoms with Gasteiger partial charge in [-0.1, -0.05) is 0 Å². The van der Waals surface area contributed by atoms with E-state index in [1.165, 1.54) is 6.07 Å². The molecule has 0 fully saturated rings. The molecule has 1 rings (SSSR count). The van der Waals surface area contributed by atoms with E-state index in [2.05, 4.69) is 31.9 Å². The highest BCUT2D eigenvalue weighted by atomic mass is 79.9. The van der Waals surface area contributed by atoms with Crippen LogP contribution >= 0.6 is 31.9 Å². The van der Waals surface area contributed by atoms with Crippen LogP contribution in [-0.4, -0.2) is 5.11 Å². The standard InChI is InChI=1S/C7H5Br2FO/c8-5-1-4(3-11)7(10)2-6(5)9/h1-2,11H,3H2. The molecule has 0 aliphatic heterocycles. The van der Waals surface area contributed by atoms with Crippen molar-refractivity contribution in [1.82, 2.24) is 0 Å². The van der Waals surface area contributed by atoms with E-state index in [1.807, 2.05) is 0 Å². The SMILES string of the molecule is OCc1cc(Br)c(Br)cc1F. The van der Waals surface area contributed by atoms with Crippen LogP contribution in [-0.2, 0) is 6.61 Å². The Bertz CT molecular complexity index is 275. The molecule has 0 unspecified atom stereocenters. The summed E-state index contributed by atoms with van der Waals surface area (Å²) in [5.41, 5.74) is 0.292. The summed E-state index contributed by atoms with van der Waals surface area (Å²) in [4.78, 5) is 0. The summed E-state index contributed by atoms with van der Waals surface area (Å²) >= 11 is 6.34. The lowest BCUT2D eigenvalue weighted by Gasteiger charge is -2.01. The Balaban J connectivity index is 3.21. The first-order valence-electron chi connectivity index (χ1n) is 2.89. The normalized spacial score (nSPS) is 10.2. The third kappa shape index (κ3) is 2.01. The second kappa shape index (κ2) is 3.65. The van der Waals surface area contributed by atoms with Crippen molar-refractivity contribution in [1.29, 1.82) is 0 Å². The predicted octanol–water partition coefficient (Wildman–Crippen LogP) is 2.84.